The van der Waals surface area contributed by atoms with Crippen LogP contribution in [0.3, 0.4) is 0 Å². The van der Waals surface area contributed by atoms with E-state index in [1.165, 1.54) is 18.2 Å². The molecule has 0 aliphatic heterocycles. The van der Waals surface area contributed by atoms with Crippen LogP contribution in [0.1, 0.15) is 26.3 Å². The van der Waals surface area contributed by atoms with Crippen molar-refractivity contribution in [3.8, 4) is 0 Å². The van der Waals surface area contributed by atoms with Gasteiger partial charge in [-0.05, 0) is 36.8 Å². The number of pyridine rings is 1. The predicted molar refractivity (Wildman–Crippen MR) is 87.9 cm³/mol. The maximum atomic E-state index is 12.3. The molecule has 0 bridgehead atoms. The first-order valence-electron chi connectivity index (χ1n) is 6.80. The van der Waals surface area contributed by atoms with Gasteiger partial charge in [-0.2, -0.15) is 0 Å². The number of imidazole rings is 1. The number of primary amides is 1. The largest absolute Gasteiger partial charge is 0.366 e. The molecule has 0 spiro atoms. The summed E-state index contributed by atoms with van der Waals surface area (Å²) >= 11 is 5.97. The van der Waals surface area contributed by atoms with E-state index < -0.39 is 5.91 Å². The molecule has 3 rings (SSSR count). The Bertz CT molecular complexity index is 933. The summed E-state index contributed by atoms with van der Waals surface area (Å²) in [7, 11) is 0. The van der Waals surface area contributed by atoms with E-state index in [4.69, 9.17) is 17.3 Å². The Morgan fingerprint density at radius 2 is 2.09 bits per heavy atom. The van der Waals surface area contributed by atoms with Crippen molar-refractivity contribution in [2.45, 2.75) is 6.92 Å². The van der Waals surface area contributed by atoms with Gasteiger partial charge in [0.2, 0.25) is 5.91 Å². The molecule has 0 atom stereocenters. The third-order valence-electron chi connectivity index (χ3n) is 3.43. The predicted octanol–water partition coefficient (Wildman–Crippen LogP) is 2.65. The van der Waals surface area contributed by atoms with Gasteiger partial charge in [-0.1, -0.05) is 11.6 Å². The molecule has 1 aromatic carbocycles. The van der Waals surface area contributed by atoms with E-state index in [9.17, 15) is 9.59 Å². The molecule has 0 saturated heterocycles. The van der Waals surface area contributed by atoms with Gasteiger partial charge < -0.3 is 15.5 Å². The van der Waals surface area contributed by atoms with Crippen molar-refractivity contribution >= 4 is 34.7 Å². The Balaban J connectivity index is 1.88. The zero-order valence-electron chi connectivity index (χ0n) is 12.2. The molecule has 116 valence electrons. The number of rotatable bonds is 3. The molecule has 6 nitrogen and oxygen atoms in total. The summed E-state index contributed by atoms with van der Waals surface area (Å²) in [5, 5.41) is 2.94. The Morgan fingerprint density at radius 1 is 1.30 bits per heavy atom. The topological polar surface area (TPSA) is 89.5 Å². The van der Waals surface area contributed by atoms with Crippen molar-refractivity contribution in [2.75, 3.05) is 5.32 Å². The zero-order chi connectivity index (χ0) is 16.6. The highest BCUT2D eigenvalue weighted by Gasteiger charge is 2.12. The lowest BCUT2D eigenvalue weighted by molar-refractivity contribution is 0.0995. The fraction of sp³-hybridized carbons (Fsp3) is 0.0625. The van der Waals surface area contributed by atoms with Crippen LogP contribution in [0, 0.1) is 6.92 Å². The summed E-state index contributed by atoms with van der Waals surface area (Å²) in [4.78, 5) is 27.7. The maximum Gasteiger partial charge on any atom is 0.255 e. The Hall–Kier alpha value is -2.86. The van der Waals surface area contributed by atoms with E-state index in [-0.39, 0.29) is 16.5 Å². The van der Waals surface area contributed by atoms with E-state index in [0.717, 1.165) is 11.2 Å². The van der Waals surface area contributed by atoms with Crippen molar-refractivity contribution in [2.24, 2.45) is 5.73 Å². The monoisotopic (exact) mass is 328 g/mol. The van der Waals surface area contributed by atoms with Gasteiger partial charge in [0.1, 0.15) is 5.65 Å². The number of benzene rings is 1. The smallest absolute Gasteiger partial charge is 0.255 e. The summed E-state index contributed by atoms with van der Waals surface area (Å²) < 4.78 is 1.83. The average Bonchev–Trinajstić information content (AvgIpc) is 2.95. The van der Waals surface area contributed by atoms with Crippen LogP contribution in [0.2, 0.25) is 5.02 Å². The van der Waals surface area contributed by atoms with Gasteiger partial charge in [-0.25, -0.2) is 4.98 Å². The van der Waals surface area contributed by atoms with Gasteiger partial charge in [0, 0.05) is 24.2 Å². The second-order valence-electron chi connectivity index (χ2n) is 5.08. The lowest BCUT2D eigenvalue weighted by atomic mass is 10.1. The van der Waals surface area contributed by atoms with Crippen molar-refractivity contribution in [3.63, 3.8) is 0 Å². The second kappa shape index (κ2) is 5.73. The number of fused-ring (bicyclic) bond motifs is 1. The first-order chi connectivity index (χ1) is 11.0. The number of anilines is 1. The number of nitrogens with one attached hydrogen (secondary N) is 1. The molecular formula is C16H13ClN4O2. The van der Waals surface area contributed by atoms with Crippen LogP contribution in [0.4, 0.5) is 5.69 Å². The highest BCUT2D eigenvalue weighted by atomic mass is 35.5. The molecule has 3 aromatic rings. The number of hydrogen-bond acceptors (Lipinski definition) is 3. The van der Waals surface area contributed by atoms with Gasteiger partial charge in [-0.3, -0.25) is 9.59 Å². The SMILES string of the molecule is Cc1cc(NC(=O)c2ccc(C(N)=O)c(Cl)c2)cn2ccnc12. The van der Waals surface area contributed by atoms with Crippen molar-refractivity contribution in [1.82, 2.24) is 9.38 Å². The number of carbonyl (C=O) groups is 2. The third kappa shape index (κ3) is 2.89. The normalized spacial score (nSPS) is 10.7. The van der Waals surface area contributed by atoms with Crippen LogP contribution in [0.5, 0.6) is 0 Å². The average molecular weight is 329 g/mol. The lowest BCUT2D eigenvalue weighted by Gasteiger charge is -2.09. The molecule has 23 heavy (non-hydrogen) atoms. The minimum Gasteiger partial charge on any atom is -0.366 e. The number of nitrogens with zero attached hydrogens (tertiary/aromatic N) is 2. The first kappa shape index (κ1) is 15.1. The molecule has 0 aliphatic rings. The van der Waals surface area contributed by atoms with Gasteiger partial charge in [0.05, 0.1) is 16.3 Å². The van der Waals surface area contributed by atoms with Crippen LogP contribution in [0.25, 0.3) is 5.65 Å². The van der Waals surface area contributed by atoms with Crippen LogP contribution in [-0.2, 0) is 0 Å². The van der Waals surface area contributed by atoms with Gasteiger partial charge in [0.15, 0.2) is 0 Å². The van der Waals surface area contributed by atoms with Crippen molar-refractivity contribution in [1.29, 1.82) is 0 Å². The molecule has 0 unspecified atom stereocenters. The van der Waals surface area contributed by atoms with E-state index in [2.05, 4.69) is 10.3 Å². The molecule has 7 heteroatoms. The quantitative estimate of drug-likeness (QED) is 0.774. The number of hydrogen-bond donors (Lipinski definition) is 2. The fourth-order valence-corrected chi connectivity index (χ4v) is 2.61. The van der Waals surface area contributed by atoms with E-state index in [1.54, 1.807) is 18.6 Å². The standard InChI is InChI=1S/C16H13ClN4O2/c1-9-6-11(8-21-5-4-19-15(9)21)20-16(23)10-2-3-12(14(18)22)13(17)7-10/h2-8H,1H3,(H2,18,22)(H,20,23). The van der Waals surface area contributed by atoms with Crippen LogP contribution in [-0.4, -0.2) is 21.2 Å². The van der Waals surface area contributed by atoms with Gasteiger partial charge >= 0.3 is 0 Å². The molecule has 3 N–H and O–H groups in total. The van der Waals surface area contributed by atoms with Crippen LogP contribution in [0.15, 0.2) is 42.9 Å². The molecule has 2 aromatic heterocycles. The molecule has 0 saturated carbocycles. The van der Waals surface area contributed by atoms with E-state index >= 15 is 0 Å². The summed E-state index contributed by atoms with van der Waals surface area (Å²) in [6.45, 7) is 1.91. The van der Waals surface area contributed by atoms with E-state index in [1.807, 2.05) is 17.4 Å². The number of aryl methyl sites for hydroxylation is 1. The number of amides is 2. The minimum atomic E-state index is -0.636. The maximum absolute atomic E-state index is 12.3. The van der Waals surface area contributed by atoms with Crippen LogP contribution >= 0.6 is 11.6 Å². The zero-order valence-corrected chi connectivity index (χ0v) is 13.0. The second-order valence-corrected chi connectivity index (χ2v) is 5.49. The lowest BCUT2D eigenvalue weighted by Crippen LogP contribution is -2.15. The minimum absolute atomic E-state index is 0.145. The summed E-state index contributed by atoms with van der Waals surface area (Å²) in [6.07, 6.45) is 5.26. The highest BCUT2D eigenvalue weighted by Crippen LogP contribution is 2.20. The molecule has 2 heterocycles. The summed E-state index contributed by atoms with van der Waals surface area (Å²) in [6, 6.07) is 6.19. The molecule has 0 fully saturated rings. The Labute approximate surface area is 136 Å². The van der Waals surface area contributed by atoms with Gasteiger partial charge in [-0.15, -0.1) is 0 Å². The van der Waals surface area contributed by atoms with Gasteiger partial charge in [0.25, 0.3) is 5.91 Å². The Kier molecular flexibility index (Phi) is 3.75. The highest BCUT2D eigenvalue weighted by molar-refractivity contribution is 6.34. The molecule has 0 radical (unpaired) electrons. The summed E-state index contributed by atoms with van der Waals surface area (Å²) in [5.74, 6) is -0.968. The summed E-state index contributed by atoms with van der Waals surface area (Å²) in [5.41, 5.74) is 8.11. The number of halogens is 1. The number of nitrogens with two attached hydrogens (primary N) is 1. The third-order valence-corrected chi connectivity index (χ3v) is 3.74. The van der Waals surface area contributed by atoms with Crippen LogP contribution < -0.4 is 11.1 Å². The fourth-order valence-electron chi connectivity index (χ4n) is 2.34. The number of carbonyl (C=O) groups excluding carboxylic acids is 2. The first-order valence-corrected chi connectivity index (χ1v) is 7.17. The van der Waals surface area contributed by atoms with Crippen molar-refractivity contribution in [3.05, 3.63) is 64.6 Å². The molecule has 2 amide bonds. The Morgan fingerprint density at radius 3 is 2.78 bits per heavy atom. The molecule has 0 aliphatic carbocycles. The number of aromatic nitrogens is 2. The van der Waals surface area contributed by atoms with Crippen molar-refractivity contribution < 1.29 is 9.59 Å². The van der Waals surface area contributed by atoms with E-state index in [0.29, 0.717) is 11.3 Å². The molecular weight excluding hydrogens is 316 g/mol.